The van der Waals surface area contributed by atoms with Gasteiger partial charge in [-0.3, -0.25) is 4.79 Å². The van der Waals surface area contributed by atoms with Crippen molar-refractivity contribution in [3.05, 3.63) is 11.5 Å². The van der Waals surface area contributed by atoms with E-state index >= 15 is 0 Å². The highest BCUT2D eigenvalue weighted by atomic mass is 32.2. The van der Waals surface area contributed by atoms with Crippen LogP contribution in [-0.2, 0) is 9.63 Å². The lowest BCUT2D eigenvalue weighted by Gasteiger charge is -1.98. The zero-order valence-electron chi connectivity index (χ0n) is 5.55. The fourth-order valence-electron chi connectivity index (χ4n) is 0.875. The van der Waals surface area contributed by atoms with Gasteiger partial charge in [0.05, 0.1) is 5.70 Å². The van der Waals surface area contributed by atoms with Crippen LogP contribution in [0.1, 0.15) is 6.42 Å². The first-order chi connectivity index (χ1) is 5.38. The quantitative estimate of drug-likeness (QED) is 0.430. The first-order valence-corrected chi connectivity index (χ1v) is 4.92. The average Bonchev–Trinajstić information content (AvgIpc) is 2.55. The van der Waals surface area contributed by atoms with Gasteiger partial charge in [0.15, 0.2) is 0 Å². The van der Waals surface area contributed by atoms with E-state index in [0.29, 0.717) is 5.76 Å². The van der Waals surface area contributed by atoms with E-state index in [-0.39, 0.29) is 5.12 Å². The summed E-state index contributed by atoms with van der Waals surface area (Å²) < 4.78 is 3.03. The molecule has 2 fully saturated rings. The van der Waals surface area contributed by atoms with Crippen LogP contribution >= 0.6 is 23.9 Å². The second kappa shape index (κ2) is 2.96. The summed E-state index contributed by atoms with van der Waals surface area (Å²) in [5.74, 6) is 1.43. The molecule has 0 aromatic carbocycles. The molecule has 0 bridgehead atoms. The lowest BCUT2D eigenvalue weighted by molar-refractivity contribution is -0.109. The summed E-state index contributed by atoms with van der Waals surface area (Å²) in [4.78, 5) is 18.4. The van der Waals surface area contributed by atoms with Gasteiger partial charge in [0.1, 0.15) is 0 Å². The molecule has 2 rings (SSSR count). The van der Waals surface area contributed by atoms with Gasteiger partial charge in [-0.15, -0.1) is 0 Å². The minimum Gasteiger partial charge on any atom is -0.391 e. The highest BCUT2D eigenvalue weighted by molar-refractivity contribution is 8.12. The molecular formula is C5H6N2O2S2. The van der Waals surface area contributed by atoms with Gasteiger partial charge in [0.25, 0.3) is 5.12 Å². The van der Waals surface area contributed by atoms with Gasteiger partial charge in [-0.25, -0.2) is 0 Å². The number of carbonyl (C=O) groups is 1. The van der Waals surface area contributed by atoms with Gasteiger partial charge in [-0.1, -0.05) is 16.8 Å². The maximum absolute atomic E-state index is 11.0. The number of carbonyl (C=O) groups excluding carboxylic acids is 1. The van der Waals surface area contributed by atoms with Crippen LogP contribution in [-0.4, -0.2) is 10.9 Å². The van der Waals surface area contributed by atoms with E-state index in [1.165, 1.54) is 0 Å². The van der Waals surface area contributed by atoms with E-state index in [0.717, 1.165) is 29.8 Å². The molecule has 0 aromatic heterocycles. The van der Waals surface area contributed by atoms with E-state index in [1.807, 2.05) is 0 Å². The Hall–Kier alpha value is -0.330. The Balaban J connectivity index is 2.23. The summed E-state index contributed by atoms with van der Waals surface area (Å²) in [5, 5.41) is -0.0463. The lowest BCUT2D eigenvalue weighted by Crippen LogP contribution is -2.04. The zero-order chi connectivity index (χ0) is 7.68. The van der Waals surface area contributed by atoms with Gasteiger partial charge in [0.2, 0.25) is 5.76 Å². The highest BCUT2D eigenvalue weighted by Crippen LogP contribution is 2.26. The molecule has 0 spiro atoms. The van der Waals surface area contributed by atoms with E-state index in [2.05, 4.69) is 9.61 Å². The van der Waals surface area contributed by atoms with Crippen molar-refractivity contribution in [2.24, 2.45) is 0 Å². The molecule has 0 saturated carbocycles. The Labute approximate surface area is 72.3 Å². The Kier molecular flexibility index (Phi) is 1.97. The number of hydrogen-bond acceptors (Lipinski definition) is 6. The first-order valence-electron chi connectivity index (χ1n) is 3.12. The normalized spacial score (nSPS) is 30.4. The summed E-state index contributed by atoms with van der Waals surface area (Å²) in [6, 6.07) is 0. The maximum atomic E-state index is 11.0. The molecule has 2 aliphatic heterocycles. The average molecular weight is 190 g/mol. The second-order valence-corrected chi connectivity index (χ2v) is 3.73. The fraction of sp³-hybridized carbons (Fsp3) is 0.400. The molecule has 6 heteroatoms. The van der Waals surface area contributed by atoms with E-state index in [9.17, 15) is 4.79 Å². The Morgan fingerprint density at radius 1 is 1.55 bits per heavy atom. The molecule has 0 amide bonds. The predicted molar refractivity (Wildman–Crippen MR) is 44.1 cm³/mol. The molecule has 2 saturated heterocycles. The third kappa shape index (κ3) is 1.33. The Morgan fingerprint density at radius 3 is 3.00 bits per heavy atom. The Bertz CT molecular complexity index is 221. The molecule has 0 unspecified atom stereocenters. The molecule has 0 atom stereocenters. The van der Waals surface area contributed by atoms with Crippen molar-refractivity contribution >= 4 is 29.0 Å². The SMILES string of the molecule is O=C1SNOC1=C1CCSN1. The van der Waals surface area contributed by atoms with E-state index in [4.69, 9.17) is 4.84 Å². The van der Waals surface area contributed by atoms with Gasteiger partial charge < -0.3 is 9.56 Å². The van der Waals surface area contributed by atoms with Gasteiger partial charge in [-0.05, 0) is 0 Å². The molecule has 0 aliphatic carbocycles. The van der Waals surface area contributed by atoms with E-state index in [1.54, 1.807) is 11.9 Å². The molecule has 11 heavy (non-hydrogen) atoms. The monoisotopic (exact) mass is 190 g/mol. The van der Waals surface area contributed by atoms with Crippen molar-refractivity contribution < 1.29 is 9.63 Å². The Morgan fingerprint density at radius 2 is 2.45 bits per heavy atom. The minimum absolute atomic E-state index is 0.0463. The van der Waals surface area contributed by atoms with Crippen molar-refractivity contribution in [2.75, 3.05) is 5.75 Å². The largest absolute Gasteiger partial charge is 0.391 e. The molecular weight excluding hydrogens is 184 g/mol. The van der Waals surface area contributed by atoms with Gasteiger partial charge in [0, 0.05) is 24.1 Å². The number of rotatable bonds is 0. The third-order valence-corrected chi connectivity index (χ3v) is 2.72. The summed E-state index contributed by atoms with van der Waals surface area (Å²) in [6.07, 6.45) is 0.883. The molecule has 60 valence electrons. The van der Waals surface area contributed by atoms with Crippen LogP contribution in [0.5, 0.6) is 0 Å². The predicted octanol–water partition coefficient (Wildman–Crippen LogP) is 0.549. The second-order valence-electron chi connectivity index (χ2n) is 2.08. The number of allylic oxidation sites excluding steroid dienone is 1. The topological polar surface area (TPSA) is 50.4 Å². The van der Waals surface area contributed by atoms with Crippen molar-refractivity contribution in [3.8, 4) is 0 Å². The van der Waals surface area contributed by atoms with Gasteiger partial charge in [-0.2, -0.15) is 0 Å². The van der Waals surface area contributed by atoms with Crippen LogP contribution in [0.25, 0.3) is 0 Å². The van der Waals surface area contributed by atoms with E-state index < -0.39 is 0 Å². The third-order valence-electron chi connectivity index (χ3n) is 1.39. The van der Waals surface area contributed by atoms with Crippen LogP contribution < -0.4 is 9.61 Å². The van der Waals surface area contributed by atoms with Crippen molar-refractivity contribution in [3.63, 3.8) is 0 Å². The highest BCUT2D eigenvalue weighted by Gasteiger charge is 2.26. The molecule has 2 aliphatic rings. The van der Waals surface area contributed by atoms with Crippen molar-refractivity contribution in [2.45, 2.75) is 6.42 Å². The standard InChI is InChI=1S/C5H6N2O2S2/c8-5-4(9-7-11-5)3-1-2-10-6-3/h6-7H,1-2H2. The minimum atomic E-state index is -0.0463. The molecule has 0 radical (unpaired) electrons. The van der Waals surface area contributed by atoms with Crippen molar-refractivity contribution in [1.82, 2.24) is 9.61 Å². The first kappa shape index (κ1) is 7.33. The van der Waals surface area contributed by atoms with Crippen LogP contribution in [0.4, 0.5) is 0 Å². The van der Waals surface area contributed by atoms with Crippen LogP contribution in [0.2, 0.25) is 0 Å². The number of nitrogens with one attached hydrogen (secondary N) is 2. The molecule has 2 N–H and O–H groups in total. The van der Waals surface area contributed by atoms with Crippen molar-refractivity contribution in [1.29, 1.82) is 0 Å². The summed E-state index contributed by atoms with van der Waals surface area (Å²) in [5.41, 5.74) is 0.900. The van der Waals surface area contributed by atoms with Crippen LogP contribution in [0.3, 0.4) is 0 Å². The summed E-state index contributed by atoms with van der Waals surface area (Å²) in [6.45, 7) is 0. The zero-order valence-corrected chi connectivity index (χ0v) is 7.18. The van der Waals surface area contributed by atoms with Gasteiger partial charge >= 0.3 is 0 Å². The smallest absolute Gasteiger partial charge is 0.276 e. The summed E-state index contributed by atoms with van der Waals surface area (Å²) >= 11 is 2.57. The van der Waals surface area contributed by atoms with Crippen LogP contribution in [0, 0.1) is 0 Å². The molecule has 0 aromatic rings. The summed E-state index contributed by atoms with van der Waals surface area (Å²) in [7, 11) is 0. The lowest BCUT2D eigenvalue weighted by atomic mass is 10.3. The molecule has 2 heterocycles. The maximum Gasteiger partial charge on any atom is 0.276 e. The molecule has 4 nitrogen and oxygen atoms in total. The number of hydrogen-bond donors (Lipinski definition) is 2. The fourth-order valence-corrected chi connectivity index (χ4v) is 2.11. The van der Waals surface area contributed by atoms with Crippen LogP contribution in [0.15, 0.2) is 11.5 Å².